The van der Waals surface area contributed by atoms with E-state index in [1.807, 2.05) is 32.0 Å². The standard InChI is InChI=1S/C19H21ClO3/c1-10-5-6-11(20)9-12(10)15-16(21)18(2)13-7-8-14(23-13)19(18,3)17(15)22-4/h5-6,9,13-14H,7-8H2,1-4H3/t13-,14+,18+,19-/m0/s1. The van der Waals surface area contributed by atoms with Gasteiger partial charge in [0, 0.05) is 5.02 Å². The molecule has 4 heteroatoms. The number of Topliss-reactive ketones (excluding diaryl/α,β-unsaturated/α-hetero) is 1. The number of methoxy groups -OCH3 is 1. The second-order valence-corrected chi connectivity index (χ2v) is 7.73. The second-order valence-electron chi connectivity index (χ2n) is 7.29. The lowest BCUT2D eigenvalue weighted by molar-refractivity contribution is -0.127. The zero-order valence-corrected chi connectivity index (χ0v) is 14.7. The van der Waals surface area contributed by atoms with Gasteiger partial charge >= 0.3 is 0 Å². The maximum absolute atomic E-state index is 13.5. The van der Waals surface area contributed by atoms with Crippen molar-refractivity contribution in [2.45, 2.75) is 45.8 Å². The van der Waals surface area contributed by atoms with Crippen LogP contribution in [0.15, 0.2) is 24.0 Å². The number of rotatable bonds is 2. The van der Waals surface area contributed by atoms with Crippen molar-refractivity contribution in [2.75, 3.05) is 7.11 Å². The average molecular weight is 333 g/mol. The highest BCUT2D eigenvalue weighted by Crippen LogP contribution is 2.68. The number of halogens is 1. The van der Waals surface area contributed by atoms with E-state index < -0.39 is 10.8 Å². The van der Waals surface area contributed by atoms with Crippen molar-refractivity contribution in [1.82, 2.24) is 0 Å². The minimum atomic E-state index is -0.550. The second kappa shape index (κ2) is 4.61. The smallest absolute Gasteiger partial charge is 0.176 e. The summed E-state index contributed by atoms with van der Waals surface area (Å²) >= 11 is 6.19. The Labute approximate surface area is 141 Å². The van der Waals surface area contributed by atoms with Gasteiger partial charge in [0.15, 0.2) is 5.78 Å². The Morgan fingerprint density at radius 1 is 1.22 bits per heavy atom. The molecule has 3 aliphatic rings. The molecule has 2 aliphatic heterocycles. The first-order chi connectivity index (χ1) is 10.9. The van der Waals surface area contributed by atoms with Crippen LogP contribution in [0.25, 0.3) is 5.57 Å². The highest BCUT2D eigenvalue weighted by atomic mass is 35.5. The molecule has 0 spiro atoms. The molecule has 122 valence electrons. The normalized spacial score (nSPS) is 38.4. The molecule has 0 unspecified atom stereocenters. The molecule has 0 saturated carbocycles. The van der Waals surface area contributed by atoms with E-state index in [0.29, 0.717) is 10.6 Å². The van der Waals surface area contributed by atoms with Crippen molar-refractivity contribution in [3.63, 3.8) is 0 Å². The van der Waals surface area contributed by atoms with Gasteiger partial charge in [-0.3, -0.25) is 4.79 Å². The van der Waals surface area contributed by atoms with Crippen LogP contribution in [-0.2, 0) is 14.3 Å². The monoisotopic (exact) mass is 332 g/mol. The molecule has 0 amide bonds. The molecule has 3 nitrogen and oxygen atoms in total. The number of aryl methyl sites for hydroxylation is 1. The van der Waals surface area contributed by atoms with Crippen molar-refractivity contribution in [1.29, 1.82) is 0 Å². The van der Waals surface area contributed by atoms with Gasteiger partial charge in [-0.15, -0.1) is 0 Å². The van der Waals surface area contributed by atoms with E-state index in [2.05, 4.69) is 6.92 Å². The third-order valence-corrected chi connectivity index (χ3v) is 6.69. The number of ketones is 1. The summed E-state index contributed by atoms with van der Waals surface area (Å²) in [5.41, 5.74) is 1.66. The first-order valence-electron chi connectivity index (χ1n) is 8.11. The zero-order chi connectivity index (χ0) is 16.6. The molecular formula is C19H21ClO3. The predicted octanol–water partition coefficient (Wildman–Crippen LogP) is 4.16. The minimum absolute atomic E-state index is 0.0212. The number of hydrogen-bond donors (Lipinski definition) is 0. The van der Waals surface area contributed by atoms with Crippen molar-refractivity contribution in [2.24, 2.45) is 10.8 Å². The molecule has 2 saturated heterocycles. The van der Waals surface area contributed by atoms with E-state index in [1.165, 1.54) is 0 Å². The summed E-state index contributed by atoms with van der Waals surface area (Å²) in [4.78, 5) is 13.5. The molecule has 2 bridgehead atoms. The number of carbonyl (C=O) groups excluding carboxylic acids is 1. The van der Waals surface area contributed by atoms with Crippen LogP contribution >= 0.6 is 11.6 Å². The number of fused-ring (bicyclic) bond motifs is 5. The van der Waals surface area contributed by atoms with Gasteiger partial charge < -0.3 is 9.47 Å². The van der Waals surface area contributed by atoms with E-state index in [9.17, 15) is 4.79 Å². The molecule has 1 aromatic carbocycles. The van der Waals surface area contributed by atoms with E-state index in [-0.39, 0.29) is 18.0 Å². The van der Waals surface area contributed by atoms with E-state index in [4.69, 9.17) is 21.1 Å². The van der Waals surface area contributed by atoms with Gasteiger partial charge in [0.2, 0.25) is 0 Å². The van der Waals surface area contributed by atoms with Crippen molar-refractivity contribution < 1.29 is 14.3 Å². The molecule has 2 heterocycles. The van der Waals surface area contributed by atoms with Gasteiger partial charge in [0.1, 0.15) is 5.76 Å². The molecule has 1 aliphatic carbocycles. The fourth-order valence-electron chi connectivity index (χ4n) is 4.96. The van der Waals surface area contributed by atoms with E-state index >= 15 is 0 Å². The van der Waals surface area contributed by atoms with Gasteiger partial charge in [-0.05, 0) is 56.9 Å². The quantitative estimate of drug-likeness (QED) is 0.815. The van der Waals surface area contributed by atoms with Gasteiger partial charge in [0.05, 0.1) is 35.7 Å². The third-order valence-electron chi connectivity index (χ3n) is 6.46. The van der Waals surface area contributed by atoms with Crippen molar-refractivity contribution in [3.8, 4) is 0 Å². The first-order valence-corrected chi connectivity index (χ1v) is 8.49. The Morgan fingerprint density at radius 3 is 2.52 bits per heavy atom. The zero-order valence-electron chi connectivity index (χ0n) is 13.9. The summed E-state index contributed by atoms with van der Waals surface area (Å²) in [6.07, 6.45) is 1.96. The lowest BCUT2D eigenvalue weighted by Gasteiger charge is -2.41. The van der Waals surface area contributed by atoms with Crippen LogP contribution in [0, 0.1) is 17.8 Å². The first kappa shape index (κ1) is 15.2. The summed E-state index contributed by atoms with van der Waals surface area (Å²) in [6.45, 7) is 6.18. The number of ether oxygens (including phenoxy) is 2. The minimum Gasteiger partial charge on any atom is -0.500 e. The molecule has 0 aromatic heterocycles. The average Bonchev–Trinajstić information content (AvgIpc) is 3.14. The summed E-state index contributed by atoms with van der Waals surface area (Å²) < 4.78 is 11.9. The Balaban J connectivity index is 1.99. The maximum atomic E-state index is 13.5. The van der Waals surface area contributed by atoms with E-state index in [1.54, 1.807) is 7.11 Å². The maximum Gasteiger partial charge on any atom is 0.176 e. The largest absolute Gasteiger partial charge is 0.500 e. The molecule has 23 heavy (non-hydrogen) atoms. The lowest BCUT2D eigenvalue weighted by atomic mass is 9.58. The summed E-state index contributed by atoms with van der Waals surface area (Å²) in [6, 6.07) is 5.68. The number of allylic oxidation sites excluding steroid dienone is 1. The topological polar surface area (TPSA) is 35.5 Å². The number of benzene rings is 1. The fourth-order valence-corrected chi connectivity index (χ4v) is 5.14. The molecular weight excluding hydrogens is 312 g/mol. The van der Waals surface area contributed by atoms with E-state index in [0.717, 1.165) is 29.7 Å². The fraction of sp³-hybridized carbons (Fsp3) is 0.526. The van der Waals surface area contributed by atoms with Crippen molar-refractivity contribution in [3.05, 3.63) is 40.1 Å². The molecule has 0 N–H and O–H groups in total. The molecule has 0 radical (unpaired) electrons. The molecule has 4 rings (SSSR count). The van der Waals surface area contributed by atoms with Crippen LogP contribution in [0.2, 0.25) is 5.02 Å². The Kier molecular flexibility index (Phi) is 3.05. The van der Waals surface area contributed by atoms with Crippen LogP contribution < -0.4 is 0 Å². The van der Waals surface area contributed by atoms with Crippen LogP contribution in [0.4, 0.5) is 0 Å². The Morgan fingerprint density at radius 2 is 1.87 bits per heavy atom. The lowest BCUT2D eigenvalue weighted by Crippen LogP contribution is -2.48. The van der Waals surface area contributed by atoms with Crippen LogP contribution in [0.5, 0.6) is 0 Å². The summed E-state index contributed by atoms with van der Waals surface area (Å²) in [5, 5.41) is 0.632. The van der Waals surface area contributed by atoms with Crippen LogP contribution in [0.3, 0.4) is 0 Å². The van der Waals surface area contributed by atoms with Gasteiger partial charge in [0.25, 0.3) is 0 Å². The van der Waals surface area contributed by atoms with Gasteiger partial charge in [-0.1, -0.05) is 17.7 Å². The number of carbonyl (C=O) groups is 1. The summed E-state index contributed by atoms with van der Waals surface area (Å²) in [7, 11) is 1.66. The molecule has 2 fully saturated rings. The Hall–Kier alpha value is -1.32. The SMILES string of the molecule is COC1=C(c2cc(Cl)ccc2C)C(=O)[C@@]2(C)[C@@H]3CC[C@@H](O3)[C@@]12C. The van der Waals surface area contributed by atoms with Gasteiger partial charge in [-0.25, -0.2) is 0 Å². The molecule has 4 atom stereocenters. The predicted molar refractivity (Wildman–Crippen MR) is 89.2 cm³/mol. The van der Waals surface area contributed by atoms with Crippen molar-refractivity contribution >= 4 is 23.0 Å². The van der Waals surface area contributed by atoms with Crippen LogP contribution in [-0.4, -0.2) is 25.1 Å². The Bertz CT molecular complexity index is 753. The van der Waals surface area contributed by atoms with Gasteiger partial charge in [-0.2, -0.15) is 0 Å². The summed E-state index contributed by atoms with van der Waals surface area (Å²) in [5.74, 6) is 0.900. The highest BCUT2D eigenvalue weighted by molar-refractivity contribution is 6.32. The number of hydrogen-bond acceptors (Lipinski definition) is 3. The van der Waals surface area contributed by atoms with Crippen LogP contribution in [0.1, 0.15) is 37.8 Å². The molecule has 1 aromatic rings. The third kappa shape index (κ3) is 1.58. The highest BCUT2D eigenvalue weighted by Gasteiger charge is 2.74.